The van der Waals surface area contributed by atoms with E-state index in [4.69, 9.17) is 4.74 Å². The highest BCUT2D eigenvalue weighted by molar-refractivity contribution is 5.37. The summed E-state index contributed by atoms with van der Waals surface area (Å²) in [5, 5.41) is 7.24. The van der Waals surface area contributed by atoms with Crippen molar-refractivity contribution >= 4 is 5.69 Å². The van der Waals surface area contributed by atoms with Crippen LogP contribution in [0.4, 0.5) is 5.69 Å². The Kier molecular flexibility index (Phi) is 3.10. The molecule has 0 aliphatic rings. The van der Waals surface area contributed by atoms with Gasteiger partial charge in [-0.25, -0.2) is 0 Å². The van der Waals surface area contributed by atoms with Crippen molar-refractivity contribution in [2.45, 2.75) is 13.0 Å². The largest absolute Gasteiger partial charge is 0.380 e. The molecular formula is C8H15N3O. The van der Waals surface area contributed by atoms with Crippen molar-refractivity contribution in [1.82, 2.24) is 9.78 Å². The van der Waals surface area contributed by atoms with E-state index in [1.54, 1.807) is 18.0 Å². The van der Waals surface area contributed by atoms with Gasteiger partial charge in [0.1, 0.15) is 0 Å². The molecule has 1 N–H and O–H groups in total. The predicted octanol–water partition coefficient (Wildman–Crippen LogP) is 0.867. The number of nitrogens with one attached hydrogen (secondary N) is 1. The minimum atomic E-state index is 0.227. The van der Waals surface area contributed by atoms with E-state index in [0.717, 1.165) is 12.2 Å². The van der Waals surface area contributed by atoms with E-state index in [1.807, 2.05) is 20.2 Å². The number of aromatic nitrogens is 2. The zero-order valence-corrected chi connectivity index (χ0v) is 7.74. The van der Waals surface area contributed by atoms with Crippen LogP contribution >= 0.6 is 0 Å². The van der Waals surface area contributed by atoms with E-state index in [-0.39, 0.29) is 6.10 Å². The lowest BCUT2D eigenvalue weighted by molar-refractivity contribution is 0.129. The van der Waals surface area contributed by atoms with Crippen molar-refractivity contribution in [3.05, 3.63) is 12.4 Å². The zero-order valence-electron chi connectivity index (χ0n) is 7.74. The Morgan fingerprint density at radius 3 is 3.00 bits per heavy atom. The van der Waals surface area contributed by atoms with Crippen molar-refractivity contribution in [2.75, 3.05) is 19.0 Å². The molecule has 1 unspecified atom stereocenters. The Hall–Kier alpha value is -1.03. The minimum absolute atomic E-state index is 0.227. The molecule has 68 valence electrons. The van der Waals surface area contributed by atoms with Gasteiger partial charge in [-0.15, -0.1) is 0 Å². The van der Waals surface area contributed by atoms with E-state index in [0.29, 0.717) is 0 Å². The molecule has 0 saturated heterocycles. The predicted molar refractivity (Wildman–Crippen MR) is 48.2 cm³/mol. The Balaban J connectivity index is 2.33. The summed E-state index contributed by atoms with van der Waals surface area (Å²) in [6.45, 7) is 2.82. The standard InChI is InChI=1S/C8H15N3O/c1-7(12-3)4-9-8-5-10-11(2)6-8/h5-7,9H,4H2,1-3H3. The molecule has 1 aromatic heterocycles. The van der Waals surface area contributed by atoms with Gasteiger partial charge in [-0.2, -0.15) is 5.10 Å². The topological polar surface area (TPSA) is 39.1 Å². The van der Waals surface area contributed by atoms with Crippen molar-refractivity contribution in [1.29, 1.82) is 0 Å². The maximum Gasteiger partial charge on any atom is 0.0727 e. The Bertz CT molecular complexity index is 234. The number of ether oxygens (including phenoxy) is 1. The molecule has 0 spiro atoms. The average Bonchev–Trinajstić information content (AvgIpc) is 2.47. The molecule has 0 amide bonds. The number of hydrogen-bond donors (Lipinski definition) is 1. The normalized spacial score (nSPS) is 12.9. The van der Waals surface area contributed by atoms with Gasteiger partial charge in [0.15, 0.2) is 0 Å². The van der Waals surface area contributed by atoms with Gasteiger partial charge in [-0.05, 0) is 6.92 Å². The van der Waals surface area contributed by atoms with Gasteiger partial charge in [-0.3, -0.25) is 4.68 Å². The van der Waals surface area contributed by atoms with Crippen molar-refractivity contribution in [2.24, 2.45) is 7.05 Å². The van der Waals surface area contributed by atoms with Crippen LogP contribution in [0.2, 0.25) is 0 Å². The van der Waals surface area contributed by atoms with Crippen LogP contribution in [0.5, 0.6) is 0 Å². The average molecular weight is 169 g/mol. The maximum absolute atomic E-state index is 5.09. The molecule has 0 aliphatic carbocycles. The van der Waals surface area contributed by atoms with E-state index in [2.05, 4.69) is 10.4 Å². The first-order chi connectivity index (χ1) is 5.72. The number of anilines is 1. The molecule has 0 radical (unpaired) electrons. The summed E-state index contributed by atoms with van der Waals surface area (Å²) in [6, 6.07) is 0. The molecule has 4 nitrogen and oxygen atoms in total. The lowest BCUT2D eigenvalue weighted by Crippen LogP contribution is -2.17. The van der Waals surface area contributed by atoms with Gasteiger partial charge in [-0.1, -0.05) is 0 Å². The molecule has 1 aromatic rings. The fraction of sp³-hybridized carbons (Fsp3) is 0.625. The number of rotatable bonds is 4. The van der Waals surface area contributed by atoms with Crippen LogP contribution in [0.25, 0.3) is 0 Å². The number of aryl methyl sites for hydroxylation is 1. The number of nitrogens with zero attached hydrogens (tertiary/aromatic N) is 2. The fourth-order valence-electron chi connectivity index (χ4n) is 0.857. The van der Waals surface area contributed by atoms with E-state index in [1.165, 1.54) is 0 Å². The number of methoxy groups -OCH3 is 1. The second-order valence-corrected chi connectivity index (χ2v) is 2.83. The highest BCUT2D eigenvalue weighted by Crippen LogP contribution is 2.03. The number of hydrogen-bond acceptors (Lipinski definition) is 3. The highest BCUT2D eigenvalue weighted by Gasteiger charge is 1.99. The SMILES string of the molecule is COC(C)CNc1cnn(C)c1. The monoisotopic (exact) mass is 169 g/mol. The summed E-state index contributed by atoms with van der Waals surface area (Å²) in [7, 11) is 3.60. The minimum Gasteiger partial charge on any atom is -0.380 e. The summed E-state index contributed by atoms with van der Waals surface area (Å²) in [4.78, 5) is 0. The molecule has 0 fully saturated rings. The second kappa shape index (κ2) is 4.11. The summed E-state index contributed by atoms with van der Waals surface area (Å²) < 4.78 is 6.85. The van der Waals surface area contributed by atoms with Gasteiger partial charge in [0.2, 0.25) is 0 Å². The molecule has 1 atom stereocenters. The van der Waals surface area contributed by atoms with E-state index in [9.17, 15) is 0 Å². The first kappa shape index (κ1) is 9.06. The molecule has 12 heavy (non-hydrogen) atoms. The molecular weight excluding hydrogens is 154 g/mol. The van der Waals surface area contributed by atoms with E-state index >= 15 is 0 Å². The van der Waals surface area contributed by atoms with Crippen LogP contribution in [-0.4, -0.2) is 29.5 Å². The zero-order chi connectivity index (χ0) is 8.97. The highest BCUT2D eigenvalue weighted by atomic mass is 16.5. The van der Waals surface area contributed by atoms with Gasteiger partial charge >= 0.3 is 0 Å². The fourth-order valence-corrected chi connectivity index (χ4v) is 0.857. The lowest BCUT2D eigenvalue weighted by Gasteiger charge is -2.09. The third kappa shape index (κ3) is 2.54. The van der Waals surface area contributed by atoms with Crippen LogP contribution < -0.4 is 5.32 Å². The van der Waals surface area contributed by atoms with Crippen LogP contribution in [0.15, 0.2) is 12.4 Å². The Morgan fingerprint density at radius 1 is 1.75 bits per heavy atom. The van der Waals surface area contributed by atoms with Gasteiger partial charge in [0, 0.05) is 26.9 Å². The maximum atomic E-state index is 5.09. The van der Waals surface area contributed by atoms with Crippen LogP contribution in [0.1, 0.15) is 6.92 Å². The third-order valence-electron chi connectivity index (χ3n) is 1.70. The molecule has 0 aromatic carbocycles. The summed E-state index contributed by atoms with van der Waals surface area (Å²) >= 11 is 0. The summed E-state index contributed by atoms with van der Waals surface area (Å²) in [5.74, 6) is 0. The molecule has 1 rings (SSSR count). The van der Waals surface area contributed by atoms with Gasteiger partial charge in [0.05, 0.1) is 18.0 Å². The van der Waals surface area contributed by atoms with Crippen LogP contribution in [0.3, 0.4) is 0 Å². The molecule has 0 aliphatic heterocycles. The molecule has 1 heterocycles. The van der Waals surface area contributed by atoms with Crippen LogP contribution in [-0.2, 0) is 11.8 Å². The second-order valence-electron chi connectivity index (χ2n) is 2.83. The van der Waals surface area contributed by atoms with Gasteiger partial charge < -0.3 is 10.1 Å². The molecule has 4 heteroatoms. The lowest BCUT2D eigenvalue weighted by atomic mass is 10.4. The van der Waals surface area contributed by atoms with Gasteiger partial charge in [0.25, 0.3) is 0 Å². The van der Waals surface area contributed by atoms with E-state index < -0.39 is 0 Å². The smallest absolute Gasteiger partial charge is 0.0727 e. The molecule has 0 saturated carbocycles. The van der Waals surface area contributed by atoms with Crippen molar-refractivity contribution in [3.63, 3.8) is 0 Å². The third-order valence-corrected chi connectivity index (χ3v) is 1.70. The first-order valence-electron chi connectivity index (χ1n) is 3.97. The Labute approximate surface area is 72.5 Å². The first-order valence-corrected chi connectivity index (χ1v) is 3.97. The quantitative estimate of drug-likeness (QED) is 0.726. The van der Waals surface area contributed by atoms with Crippen LogP contribution in [0, 0.1) is 0 Å². The molecule has 0 bridgehead atoms. The van der Waals surface area contributed by atoms with Crippen molar-refractivity contribution < 1.29 is 4.74 Å². The summed E-state index contributed by atoms with van der Waals surface area (Å²) in [6.07, 6.45) is 3.95. The van der Waals surface area contributed by atoms with Crippen molar-refractivity contribution in [3.8, 4) is 0 Å². The Morgan fingerprint density at radius 2 is 2.50 bits per heavy atom. The summed E-state index contributed by atoms with van der Waals surface area (Å²) in [5.41, 5.74) is 1.03.